The molecule has 3 rings (SSSR count). The lowest BCUT2D eigenvalue weighted by atomic mass is 10.2. The molecule has 122 valence electrons. The molecule has 1 N–H and O–H groups in total. The van der Waals surface area contributed by atoms with E-state index in [1.807, 2.05) is 62.4 Å². The lowest BCUT2D eigenvalue weighted by Gasteiger charge is -2.03. The van der Waals surface area contributed by atoms with E-state index >= 15 is 0 Å². The first-order chi connectivity index (χ1) is 11.5. The first kappa shape index (κ1) is 16.7. The number of hydrogen-bond donors (Lipinski definition) is 1. The van der Waals surface area contributed by atoms with Crippen LogP contribution in [0.2, 0.25) is 5.15 Å². The Morgan fingerprint density at radius 1 is 1.17 bits per heavy atom. The Bertz CT molecular complexity index is 885. The minimum absolute atomic E-state index is 0.538. The van der Waals surface area contributed by atoms with Gasteiger partial charge in [-0.3, -0.25) is 5.43 Å². The molecule has 4 nitrogen and oxygen atoms in total. The smallest absolute Gasteiger partial charge is 0.142 e. The van der Waals surface area contributed by atoms with Crippen molar-refractivity contribution < 1.29 is 0 Å². The van der Waals surface area contributed by atoms with E-state index in [0.29, 0.717) is 5.15 Å². The third-order valence-electron chi connectivity index (χ3n) is 3.54. The highest BCUT2D eigenvalue weighted by molar-refractivity contribution is 9.10. The van der Waals surface area contributed by atoms with Gasteiger partial charge in [-0.05, 0) is 44.2 Å². The number of rotatable bonds is 4. The van der Waals surface area contributed by atoms with Gasteiger partial charge in [0, 0.05) is 4.47 Å². The van der Waals surface area contributed by atoms with Crippen molar-refractivity contribution in [1.82, 2.24) is 9.78 Å². The highest BCUT2D eigenvalue weighted by Gasteiger charge is 2.13. The van der Waals surface area contributed by atoms with Crippen molar-refractivity contribution in [2.45, 2.75) is 13.8 Å². The van der Waals surface area contributed by atoms with E-state index in [0.717, 1.165) is 27.1 Å². The summed E-state index contributed by atoms with van der Waals surface area (Å²) in [6.07, 6.45) is 1.69. The first-order valence-corrected chi connectivity index (χ1v) is 8.58. The maximum Gasteiger partial charge on any atom is 0.142 e. The van der Waals surface area contributed by atoms with E-state index in [4.69, 9.17) is 11.6 Å². The van der Waals surface area contributed by atoms with E-state index in [-0.39, 0.29) is 0 Å². The molecule has 0 radical (unpaired) electrons. The molecule has 24 heavy (non-hydrogen) atoms. The third kappa shape index (κ3) is 3.68. The van der Waals surface area contributed by atoms with Crippen LogP contribution in [0.4, 0.5) is 5.69 Å². The van der Waals surface area contributed by atoms with Gasteiger partial charge in [-0.1, -0.05) is 51.3 Å². The van der Waals surface area contributed by atoms with Gasteiger partial charge in [0.25, 0.3) is 0 Å². The molecule has 0 fully saturated rings. The molecular formula is C18H16BrClN4. The number of aromatic nitrogens is 2. The molecule has 0 aliphatic rings. The van der Waals surface area contributed by atoms with Crippen LogP contribution in [-0.4, -0.2) is 16.0 Å². The minimum atomic E-state index is 0.538. The number of hydrogen-bond acceptors (Lipinski definition) is 3. The van der Waals surface area contributed by atoms with E-state index in [1.165, 1.54) is 5.56 Å². The maximum atomic E-state index is 6.48. The average Bonchev–Trinajstić information content (AvgIpc) is 2.84. The molecule has 0 saturated carbocycles. The predicted molar refractivity (Wildman–Crippen MR) is 103 cm³/mol. The quantitative estimate of drug-likeness (QED) is 0.471. The van der Waals surface area contributed by atoms with E-state index < -0.39 is 0 Å². The molecule has 1 aromatic heterocycles. The largest absolute Gasteiger partial charge is 0.278 e. The second-order valence-electron chi connectivity index (χ2n) is 5.42. The zero-order valence-electron chi connectivity index (χ0n) is 13.3. The number of aryl methyl sites for hydroxylation is 2. The van der Waals surface area contributed by atoms with Crippen LogP contribution in [0, 0.1) is 13.8 Å². The number of hydrazone groups is 1. The Kier molecular flexibility index (Phi) is 5.02. The SMILES string of the molecule is Cc1ccc(-n2nc(C)c(C=NNc3cccc(Br)c3)c2Cl)cc1. The molecule has 0 amide bonds. The van der Waals surface area contributed by atoms with Gasteiger partial charge < -0.3 is 0 Å². The lowest BCUT2D eigenvalue weighted by Crippen LogP contribution is -1.96. The molecule has 0 aliphatic carbocycles. The zero-order chi connectivity index (χ0) is 17.1. The fourth-order valence-electron chi connectivity index (χ4n) is 2.24. The Balaban J connectivity index is 1.84. The van der Waals surface area contributed by atoms with Gasteiger partial charge in [0.1, 0.15) is 5.15 Å². The first-order valence-electron chi connectivity index (χ1n) is 7.41. The molecule has 0 saturated heterocycles. The summed E-state index contributed by atoms with van der Waals surface area (Å²) in [6.45, 7) is 3.96. The van der Waals surface area contributed by atoms with Crippen LogP contribution in [0.25, 0.3) is 5.69 Å². The van der Waals surface area contributed by atoms with Crippen LogP contribution in [0.1, 0.15) is 16.8 Å². The molecule has 0 unspecified atom stereocenters. The summed E-state index contributed by atoms with van der Waals surface area (Å²) in [5, 5.41) is 9.31. The summed E-state index contributed by atoms with van der Waals surface area (Å²) >= 11 is 9.91. The number of halogens is 2. The van der Waals surface area contributed by atoms with Gasteiger partial charge in [-0.15, -0.1) is 0 Å². The van der Waals surface area contributed by atoms with Gasteiger partial charge in [0.2, 0.25) is 0 Å². The fraction of sp³-hybridized carbons (Fsp3) is 0.111. The van der Waals surface area contributed by atoms with Crippen LogP contribution in [-0.2, 0) is 0 Å². The van der Waals surface area contributed by atoms with Gasteiger partial charge in [0.05, 0.1) is 28.8 Å². The van der Waals surface area contributed by atoms with Crippen molar-refractivity contribution in [3.63, 3.8) is 0 Å². The minimum Gasteiger partial charge on any atom is -0.278 e. The molecule has 3 aromatic rings. The van der Waals surface area contributed by atoms with E-state index in [1.54, 1.807) is 10.9 Å². The van der Waals surface area contributed by atoms with Crippen LogP contribution in [0.5, 0.6) is 0 Å². The van der Waals surface area contributed by atoms with Crippen molar-refractivity contribution in [3.8, 4) is 5.69 Å². The number of anilines is 1. The molecule has 1 heterocycles. The van der Waals surface area contributed by atoms with Crippen molar-refractivity contribution in [2.24, 2.45) is 5.10 Å². The molecule has 0 bridgehead atoms. The zero-order valence-corrected chi connectivity index (χ0v) is 15.6. The fourth-order valence-corrected chi connectivity index (χ4v) is 2.96. The number of nitrogens with one attached hydrogen (secondary N) is 1. The number of benzene rings is 2. The molecule has 0 aliphatic heterocycles. The summed E-state index contributed by atoms with van der Waals surface area (Å²) < 4.78 is 2.71. The van der Waals surface area contributed by atoms with Crippen molar-refractivity contribution in [2.75, 3.05) is 5.43 Å². The molecule has 0 atom stereocenters. The Morgan fingerprint density at radius 2 is 1.92 bits per heavy atom. The Hall–Kier alpha value is -2.11. The van der Waals surface area contributed by atoms with Crippen LogP contribution in [0.3, 0.4) is 0 Å². The van der Waals surface area contributed by atoms with Crippen molar-refractivity contribution in [3.05, 3.63) is 75.0 Å². The van der Waals surface area contributed by atoms with Gasteiger partial charge in [-0.25, -0.2) is 4.68 Å². The number of nitrogens with zero attached hydrogens (tertiary/aromatic N) is 3. The second-order valence-corrected chi connectivity index (χ2v) is 6.69. The highest BCUT2D eigenvalue weighted by Crippen LogP contribution is 2.22. The van der Waals surface area contributed by atoms with Gasteiger partial charge >= 0.3 is 0 Å². The van der Waals surface area contributed by atoms with E-state index in [2.05, 4.69) is 31.6 Å². The molecule has 2 aromatic carbocycles. The maximum absolute atomic E-state index is 6.48. The topological polar surface area (TPSA) is 42.2 Å². The van der Waals surface area contributed by atoms with Crippen LogP contribution in [0.15, 0.2) is 58.1 Å². The molecule has 6 heteroatoms. The lowest BCUT2D eigenvalue weighted by molar-refractivity contribution is 0.863. The highest BCUT2D eigenvalue weighted by atomic mass is 79.9. The standard InChI is InChI=1S/C18H16BrClN4/c1-12-6-8-16(9-7-12)24-18(20)17(13(2)23-24)11-21-22-15-5-3-4-14(19)10-15/h3-11,22H,1-2H3. The predicted octanol–water partition coefficient (Wildman–Crippen LogP) is 5.35. The summed E-state index contributed by atoms with van der Waals surface area (Å²) in [6, 6.07) is 15.8. The van der Waals surface area contributed by atoms with E-state index in [9.17, 15) is 0 Å². The van der Waals surface area contributed by atoms with Crippen LogP contribution >= 0.6 is 27.5 Å². The second kappa shape index (κ2) is 7.20. The summed E-state index contributed by atoms with van der Waals surface area (Å²) in [7, 11) is 0. The van der Waals surface area contributed by atoms with Gasteiger partial charge in [-0.2, -0.15) is 10.2 Å². The normalized spacial score (nSPS) is 11.2. The molecule has 0 spiro atoms. The van der Waals surface area contributed by atoms with Crippen molar-refractivity contribution >= 4 is 39.4 Å². The van der Waals surface area contributed by atoms with Gasteiger partial charge in [0.15, 0.2) is 0 Å². The monoisotopic (exact) mass is 402 g/mol. The van der Waals surface area contributed by atoms with Crippen LogP contribution < -0.4 is 5.43 Å². The summed E-state index contributed by atoms with van der Waals surface area (Å²) in [4.78, 5) is 0. The Morgan fingerprint density at radius 3 is 2.62 bits per heavy atom. The summed E-state index contributed by atoms with van der Waals surface area (Å²) in [5.74, 6) is 0. The average molecular weight is 404 g/mol. The molecular weight excluding hydrogens is 388 g/mol. The Labute approximate surface area is 154 Å². The summed E-state index contributed by atoms with van der Waals surface area (Å²) in [5.41, 5.74) is 7.61. The third-order valence-corrected chi connectivity index (χ3v) is 4.40. The van der Waals surface area contributed by atoms with Crippen molar-refractivity contribution in [1.29, 1.82) is 0 Å².